The van der Waals surface area contributed by atoms with E-state index >= 15 is 0 Å². The summed E-state index contributed by atoms with van der Waals surface area (Å²) in [5.74, 6) is 0.623. The molecule has 0 aliphatic carbocycles. The van der Waals surface area contributed by atoms with Gasteiger partial charge in [-0.05, 0) is 10.4 Å². The topological polar surface area (TPSA) is 75.9 Å². The number of thioether (sulfide) groups is 1. The predicted molar refractivity (Wildman–Crippen MR) is 58.8 cm³/mol. The molecular weight excluding hydrogens is 214 g/mol. The highest BCUT2D eigenvalue weighted by atomic mass is 32.2. The van der Waals surface area contributed by atoms with Crippen LogP contribution in [0.1, 0.15) is 13.8 Å². The zero-order valence-electron chi connectivity index (χ0n) is 9.05. The summed E-state index contributed by atoms with van der Waals surface area (Å²) in [5, 5.41) is 24.1. The third-order valence-electron chi connectivity index (χ3n) is 1.70. The van der Waals surface area contributed by atoms with E-state index in [1.807, 2.05) is 0 Å². The quantitative estimate of drug-likeness (QED) is 0.631. The fourth-order valence-corrected chi connectivity index (χ4v) is 1.68. The Morgan fingerprint density at radius 2 is 2.33 bits per heavy atom. The van der Waals surface area contributed by atoms with E-state index in [1.54, 1.807) is 4.68 Å². The van der Waals surface area contributed by atoms with Crippen LogP contribution < -0.4 is 5.32 Å². The van der Waals surface area contributed by atoms with Crippen molar-refractivity contribution >= 4 is 11.8 Å². The van der Waals surface area contributed by atoms with Crippen molar-refractivity contribution in [2.45, 2.75) is 31.6 Å². The number of aliphatic hydroxyl groups is 1. The molecule has 7 heteroatoms. The van der Waals surface area contributed by atoms with Gasteiger partial charge in [0.05, 0.1) is 13.2 Å². The Balaban J connectivity index is 2.35. The normalized spacial score (nSPS) is 11.2. The molecule has 0 bridgehead atoms. The molecule has 0 amide bonds. The van der Waals surface area contributed by atoms with Crippen LogP contribution in [0.5, 0.6) is 0 Å². The third-order valence-corrected chi connectivity index (χ3v) is 2.63. The zero-order valence-corrected chi connectivity index (χ0v) is 9.87. The lowest BCUT2D eigenvalue weighted by molar-refractivity contribution is 0.322. The summed E-state index contributed by atoms with van der Waals surface area (Å²) in [5.41, 5.74) is 0. The van der Waals surface area contributed by atoms with E-state index in [9.17, 15) is 0 Å². The fourth-order valence-electron chi connectivity index (χ4n) is 1.04. The van der Waals surface area contributed by atoms with Gasteiger partial charge in [-0.2, -0.15) is 0 Å². The number of hydrogen-bond donors (Lipinski definition) is 2. The lowest BCUT2D eigenvalue weighted by atomic mass is 10.4. The van der Waals surface area contributed by atoms with Crippen LogP contribution in [0, 0.1) is 0 Å². The van der Waals surface area contributed by atoms with Gasteiger partial charge >= 0.3 is 0 Å². The van der Waals surface area contributed by atoms with E-state index < -0.39 is 0 Å². The second kappa shape index (κ2) is 6.76. The van der Waals surface area contributed by atoms with E-state index in [2.05, 4.69) is 34.7 Å². The molecule has 0 saturated carbocycles. The Bertz CT molecular complexity index is 278. The van der Waals surface area contributed by atoms with Crippen LogP contribution >= 0.6 is 11.8 Å². The average molecular weight is 231 g/mol. The third kappa shape index (κ3) is 4.59. The van der Waals surface area contributed by atoms with Gasteiger partial charge in [-0.25, -0.2) is 4.68 Å². The molecule has 0 radical (unpaired) electrons. The van der Waals surface area contributed by atoms with Crippen LogP contribution in [0.25, 0.3) is 0 Å². The van der Waals surface area contributed by atoms with E-state index in [0.29, 0.717) is 11.8 Å². The molecule has 15 heavy (non-hydrogen) atoms. The Labute approximate surface area is 93.4 Å². The number of aromatic nitrogens is 4. The summed E-state index contributed by atoms with van der Waals surface area (Å²) in [4.78, 5) is 0. The van der Waals surface area contributed by atoms with Gasteiger partial charge in [-0.15, -0.1) is 5.10 Å². The minimum absolute atomic E-state index is 0.141. The van der Waals surface area contributed by atoms with Crippen LogP contribution in [0.4, 0.5) is 0 Å². The first-order chi connectivity index (χ1) is 7.24. The highest BCUT2D eigenvalue weighted by Gasteiger charge is 2.05. The number of rotatable bonds is 7. The standard InChI is InChI=1S/C8H17N5OS/c1-7(2)9-3-4-13-8(10-11-12-13)15-6-5-14/h7,9,14H,3-6H2,1-2H3. The van der Waals surface area contributed by atoms with Crippen molar-refractivity contribution in [2.75, 3.05) is 18.9 Å². The predicted octanol–water partition coefficient (Wildman–Crippen LogP) is -0.245. The molecule has 0 aliphatic rings. The lowest BCUT2D eigenvalue weighted by Crippen LogP contribution is -2.27. The maximum Gasteiger partial charge on any atom is 0.209 e. The van der Waals surface area contributed by atoms with E-state index in [1.165, 1.54) is 11.8 Å². The molecule has 1 aromatic heterocycles. The Hall–Kier alpha value is -0.660. The number of aliphatic hydroxyl groups excluding tert-OH is 1. The molecule has 0 atom stereocenters. The molecule has 1 heterocycles. The van der Waals surface area contributed by atoms with E-state index in [4.69, 9.17) is 5.11 Å². The maximum absolute atomic E-state index is 8.69. The van der Waals surface area contributed by atoms with Crippen molar-refractivity contribution in [3.63, 3.8) is 0 Å². The second-order valence-corrected chi connectivity index (χ2v) is 4.43. The summed E-state index contributed by atoms with van der Waals surface area (Å²) in [6, 6.07) is 0.468. The number of tetrazole rings is 1. The Morgan fingerprint density at radius 3 is 3.00 bits per heavy atom. The molecule has 0 unspecified atom stereocenters. The molecule has 0 spiro atoms. The van der Waals surface area contributed by atoms with E-state index in [-0.39, 0.29) is 6.61 Å². The molecule has 0 aliphatic heterocycles. The summed E-state index contributed by atoms with van der Waals surface area (Å²) in [7, 11) is 0. The summed E-state index contributed by atoms with van der Waals surface area (Å²) >= 11 is 1.46. The van der Waals surface area contributed by atoms with Crippen molar-refractivity contribution in [1.82, 2.24) is 25.5 Å². The van der Waals surface area contributed by atoms with Gasteiger partial charge in [0.2, 0.25) is 5.16 Å². The molecule has 1 aromatic rings. The first-order valence-electron chi connectivity index (χ1n) is 4.97. The Morgan fingerprint density at radius 1 is 1.53 bits per heavy atom. The molecule has 0 saturated heterocycles. The SMILES string of the molecule is CC(C)NCCn1nnnc1SCCO. The monoisotopic (exact) mass is 231 g/mol. The van der Waals surface area contributed by atoms with Crippen LogP contribution in [0.3, 0.4) is 0 Å². The summed E-state index contributed by atoms with van der Waals surface area (Å²) in [6.07, 6.45) is 0. The van der Waals surface area contributed by atoms with Gasteiger partial charge in [-0.3, -0.25) is 0 Å². The number of hydrogen-bond acceptors (Lipinski definition) is 6. The van der Waals surface area contributed by atoms with Gasteiger partial charge in [-0.1, -0.05) is 25.6 Å². The minimum Gasteiger partial charge on any atom is -0.396 e. The van der Waals surface area contributed by atoms with Crippen LogP contribution in [0.15, 0.2) is 5.16 Å². The molecule has 0 aromatic carbocycles. The highest BCUT2D eigenvalue weighted by Crippen LogP contribution is 2.11. The molecule has 6 nitrogen and oxygen atoms in total. The largest absolute Gasteiger partial charge is 0.396 e. The fraction of sp³-hybridized carbons (Fsp3) is 0.875. The maximum atomic E-state index is 8.69. The van der Waals surface area contributed by atoms with Gasteiger partial charge in [0.1, 0.15) is 0 Å². The molecule has 86 valence electrons. The molecule has 0 fully saturated rings. The first kappa shape index (κ1) is 12.4. The second-order valence-electron chi connectivity index (χ2n) is 3.37. The van der Waals surface area contributed by atoms with Gasteiger partial charge in [0, 0.05) is 18.3 Å². The average Bonchev–Trinajstić information content (AvgIpc) is 2.62. The van der Waals surface area contributed by atoms with Crippen LogP contribution in [0.2, 0.25) is 0 Å². The minimum atomic E-state index is 0.141. The first-order valence-corrected chi connectivity index (χ1v) is 5.95. The van der Waals surface area contributed by atoms with E-state index in [0.717, 1.165) is 18.2 Å². The van der Waals surface area contributed by atoms with Crippen LogP contribution in [-0.4, -0.2) is 50.3 Å². The van der Waals surface area contributed by atoms with Crippen molar-refractivity contribution in [2.24, 2.45) is 0 Å². The van der Waals surface area contributed by atoms with Crippen molar-refractivity contribution < 1.29 is 5.11 Å². The van der Waals surface area contributed by atoms with Gasteiger partial charge in [0.25, 0.3) is 0 Å². The molecule has 2 N–H and O–H groups in total. The smallest absolute Gasteiger partial charge is 0.209 e. The number of nitrogens with zero attached hydrogens (tertiary/aromatic N) is 4. The van der Waals surface area contributed by atoms with Gasteiger partial charge in [0.15, 0.2) is 0 Å². The van der Waals surface area contributed by atoms with Gasteiger partial charge < -0.3 is 10.4 Å². The number of nitrogens with one attached hydrogen (secondary N) is 1. The van der Waals surface area contributed by atoms with Crippen molar-refractivity contribution in [3.8, 4) is 0 Å². The molecule has 1 rings (SSSR count). The van der Waals surface area contributed by atoms with Crippen LogP contribution in [-0.2, 0) is 6.54 Å². The highest BCUT2D eigenvalue weighted by molar-refractivity contribution is 7.99. The lowest BCUT2D eigenvalue weighted by Gasteiger charge is -2.08. The van der Waals surface area contributed by atoms with Crippen molar-refractivity contribution in [1.29, 1.82) is 0 Å². The Kier molecular flexibility index (Phi) is 5.59. The summed E-state index contributed by atoms with van der Waals surface area (Å²) in [6.45, 7) is 5.93. The van der Waals surface area contributed by atoms with Crippen molar-refractivity contribution in [3.05, 3.63) is 0 Å². The zero-order chi connectivity index (χ0) is 11.1. The molecular formula is C8H17N5OS. The summed E-state index contributed by atoms with van der Waals surface area (Å²) < 4.78 is 1.75.